The first-order chi connectivity index (χ1) is 16.0. The van der Waals surface area contributed by atoms with Gasteiger partial charge in [0.25, 0.3) is 0 Å². The molecule has 1 N–H and O–H groups in total. The highest BCUT2D eigenvalue weighted by Gasteiger charge is 2.12. The number of thioether (sulfide) groups is 1. The van der Waals surface area contributed by atoms with E-state index in [0.29, 0.717) is 17.5 Å². The van der Waals surface area contributed by atoms with Crippen molar-refractivity contribution >= 4 is 29.3 Å². The van der Waals surface area contributed by atoms with Crippen LogP contribution in [0.4, 0.5) is 5.69 Å². The van der Waals surface area contributed by atoms with E-state index >= 15 is 0 Å². The predicted octanol–water partition coefficient (Wildman–Crippen LogP) is 3.67. The van der Waals surface area contributed by atoms with E-state index in [-0.39, 0.29) is 17.4 Å². The molecule has 4 aromatic rings. The molecule has 0 saturated heterocycles. The largest absolute Gasteiger partial charge is 0.461 e. The summed E-state index contributed by atoms with van der Waals surface area (Å²) in [5, 5.41) is 15.8. The number of nitrogens with zero attached hydrogens (tertiary/aromatic N) is 5. The van der Waals surface area contributed by atoms with Crippen LogP contribution in [0.2, 0.25) is 0 Å². The molecule has 1 amide bonds. The molecule has 10 heteroatoms. The van der Waals surface area contributed by atoms with Crippen LogP contribution in [-0.2, 0) is 9.53 Å². The Bertz CT molecular complexity index is 1250. The summed E-state index contributed by atoms with van der Waals surface area (Å²) in [5.41, 5.74) is 3.75. The van der Waals surface area contributed by atoms with Crippen molar-refractivity contribution in [2.75, 3.05) is 17.7 Å². The van der Waals surface area contributed by atoms with Gasteiger partial charge in [-0.25, -0.2) is 9.48 Å². The quantitative estimate of drug-likeness (QED) is 0.315. The lowest BCUT2D eigenvalue weighted by Crippen LogP contribution is -2.14. The van der Waals surface area contributed by atoms with E-state index in [1.807, 2.05) is 35.8 Å². The van der Waals surface area contributed by atoms with Gasteiger partial charge in [0.2, 0.25) is 5.91 Å². The number of nitrogens with one attached hydrogen (secondary N) is 1. The van der Waals surface area contributed by atoms with Crippen molar-refractivity contribution in [2.24, 2.45) is 0 Å². The van der Waals surface area contributed by atoms with Gasteiger partial charge in [-0.05, 0) is 56.3 Å². The summed E-state index contributed by atoms with van der Waals surface area (Å²) in [6.45, 7) is 4.07. The van der Waals surface area contributed by atoms with Gasteiger partial charge in [-0.2, -0.15) is 5.10 Å². The highest BCUT2D eigenvalue weighted by atomic mass is 32.2. The Balaban J connectivity index is 1.34. The molecule has 2 aromatic carbocycles. The van der Waals surface area contributed by atoms with Crippen LogP contribution in [-0.4, -0.2) is 48.8 Å². The fraction of sp³-hybridized carbons (Fsp3) is 0.174. The van der Waals surface area contributed by atoms with E-state index in [2.05, 4.69) is 20.6 Å². The summed E-state index contributed by atoms with van der Waals surface area (Å²) in [4.78, 5) is 24.2. The Hall–Kier alpha value is -3.92. The van der Waals surface area contributed by atoms with Crippen LogP contribution in [0.15, 0.2) is 72.3 Å². The van der Waals surface area contributed by atoms with Crippen LogP contribution in [0, 0.1) is 6.92 Å². The van der Waals surface area contributed by atoms with Gasteiger partial charge in [-0.3, -0.25) is 9.36 Å². The second kappa shape index (κ2) is 10.1. The number of esters is 1. The van der Waals surface area contributed by atoms with Gasteiger partial charge in [-0.15, -0.1) is 10.2 Å². The Morgan fingerprint density at radius 3 is 2.48 bits per heavy atom. The summed E-state index contributed by atoms with van der Waals surface area (Å²) in [6.07, 6.45) is 3.31. The van der Waals surface area contributed by atoms with Gasteiger partial charge in [0.15, 0.2) is 10.9 Å². The number of hydrogen-bond acceptors (Lipinski definition) is 7. The summed E-state index contributed by atoms with van der Waals surface area (Å²) in [5.74, 6) is -0.431. The first-order valence-corrected chi connectivity index (χ1v) is 11.2. The number of ether oxygens (including phenoxy) is 1. The number of rotatable bonds is 8. The van der Waals surface area contributed by atoms with Crippen molar-refractivity contribution in [2.45, 2.75) is 19.0 Å². The monoisotopic (exact) mass is 462 g/mol. The zero-order valence-corrected chi connectivity index (χ0v) is 19.0. The number of aryl methyl sites for hydroxylation is 1. The van der Waals surface area contributed by atoms with Crippen LogP contribution in [0.25, 0.3) is 11.4 Å². The average Bonchev–Trinajstić information content (AvgIpc) is 3.49. The molecule has 0 atom stereocenters. The van der Waals surface area contributed by atoms with Gasteiger partial charge in [0, 0.05) is 17.6 Å². The van der Waals surface area contributed by atoms with Crippen molar-refractivity contribution in [1.29, 1.82) is 0 Å². The molecule has 9 nitrogen and oxygen atoms in total. The third-order valence-electron chi connectivity index (χ3n) is 4.65. The van der Waals surface area contributed by atoms with Crippen molar-refractivity contribution in [3.63, 3.8) is 0 Å². The minimum atomic E-state index is -0.462. The van der Waals surface area contributed by atoms with Crippen molar-refractivity contribution in [1.82, 2.24) is 24.5 Å². The van der Waals surface area contributed by atoms with E-state index in [1.54, 1.807) is 54.5 Å². The number of carbonyl (C=O) groups excluding carboxylic acids is 2. The summed E-state index contributed by atoms with van der Waals surface area (Å²) >= 11 is 1.31. The van der Waals surface area contributed by atoms with Gasteiger partial charge in [0.05, 0.1) is 18.0 Å². The Kier molecular flexibility index (Phi) is 6.84. The molecule has 0 radical (unpaired) electrons. The highest BCUT2D eigenvalue weighted by Crippen LogP contribution is 2.20. The van der Waals surface area contributed by atoms with Crippen LogP contribution in [0.5, 0.6) is 0 Å². The molecule has 0 saturated carbocycles. The standard InChI is InChI=1S/C23H22N6O3S/c1-3-32-22(31)20-12-13-29(27-20)19-10-6-17(7-11-19)25-21(30)14-33-23-26-24-15-28(23)18-8-4-16(2)5-9-18/h4-13,15H,3,14H2,1-2H3,(H,25,30). The first kappa shape index (κ1) is 22.3. The molecule has 0 bridgehead atoms. The normalized spacial score (nSPS) is 10.7. The maximum atomic E-state index is 12.4. The second-order valence-electron chi connectivity index (χ2n) is 7.07. The predicted molar refractivity (Wildman–Crippen MR) is 125 cm³/mol. The fourth-order valence-corrected chi connectivity index (χ4v) is 3.74. The maximum absolute atomic E-state index is 12.4. The third kappa shape index (κ3) is 5.47. The highest BCUT2D eigenvalue weighted by molar-refractivity contribution is 7.99. The van der Waals surface area contributed by atoms with Crippen molar-refractivity contribution < 1.29 is 14.3 Å². The lowest BCUT2D eigenvalue weighted by molar-refractivity contribution is -0.113. The Morgan fingerprint density at radius 2 is 1.76 bits per heavy atom. The van der Waals surface area contributed by atoms with E-state index in [9.17, 15) is 9.59 Å². The Morgan fingerprint density at radius 1 is 1.03 bits per heavy atom. The van der Waals surface area contributed by atoms with E-state index in [4.69, 9.17) is 4.74 Å². The van der Waals surface area contributed by atoms with Gasteiger partial charge < -0.3 is 10.1 Å². The number of anilines is 1. The average molecular weight is 463 g/mol. The van der Waals surface area contributed by atoms with E-state index < -0.39 is 5.97 Å². The summed E-state index contributed by atoms with van der Waals surface area (Å²) in [6, 6.07) is 16.8. The van der Waals surface area contributed by atoms with Crippen LogP contribution < -0.4 is 5.32 Å². The minimum Gasteiger partial charge on any atom is -0.461 e. The zero-order valence-electron chi connectivity index (χ0n) is 18.1. The molecule has 0 aliphatic heterocycles. The number of hydrogen-bond donors (Lipinski definition) is 1. The van der Waals surface area contributed by atoms with E-state index in [1.165, 1.54) is 17.3 Å². The topological polar surface area (TPSA) is 104 Å². The molecule has 2 heterocycles. The molecular formula is C23H22N6O3S. The maximum Gasteiger partial charge on any atom is 0.358 e. The van der Waals surface area contributed by atoms with E-state index in [0.717, 1.165) is 11.4 Å². The summed E-state index contributed by atoms with van der Waals surface area (Å²) < 4.78 is 8.38. The molecule has 168 valence electrons. The number of amides is 1. The lowest BCUT2D eigenvalue weighted by Gasteiger charge is -2.08. The van der Waals surface area contributed by atoms with Crippen LogP contribution in [0.3, 0.4) is 0 Å². The molecule has 4 rings (SSSR count). The fourth-order valence-electron chi connectivity index (χ4n) is 3.01. The molecule has 0 spiro atoms. The van der Waals surface area contributed by atoms with Gasteiger partial charge in [0.1, 0.15) is 6.33 Å². The van der Waals surface area contributed by atoms with Crippen LogP contribution >= 0.6 is 11.8 Å². The molecular weight excluding hydrogens is 440 g/mol. The molecule has 0 aliphatic carbocycles. The van der Waals surface area contributed by atoms with Crippen LogP contribution in [0.1, 0.15) is 23.0 Å². The van der Waals surface area contributed by atoms with Crippen molar-refractivity contribution in [3.8, 4) is 11.4 Å². The molecule has 0 aliphatic rings. The number of benzene rings is 2. The second-order valence-corrected chi connectivity index (χ2v) is 8.01. The van der Waals surface area contributed by atoms with Gasteiger partial charge >= 0.3 is 5.97 Å². The SMILES string of the molecule is CCOC(=O)c1ccn(-c2ccc(NC(=O)CSc3nncn3-c3ccc(C)cc3)cc2)n1. The smallest absolute Gasteiger partial charge is 0.358 e. The molecule has 2 aromatic heterocycles. The first-order valence-electron chi connectivity index (χ1n) is 10.3. The lowest BCUT2D eigenvalue weighted by atomic mass is 10.2. The molecule has 33 heavy (non-hydrogen) atoms. The summed E-state index contributed by atoms with van der Waals surface area (Å²) in [7, 11) is 0. The zero-order chi connectivity index (χ0) is 23.2. The van der Waals surface area contributed by atoms with Gasteiger partial charge in [-0.1, -0.05) is 29.5 Å². The number of carbonyl (C=O) groups is 2. The molecule has 0 fully saturated rings. The third-order valence-corrected chi connectivity index (χ3v) is 5.59. The Labute approximate surface area is 194 Å². The minimum absolute atomic E-state index is 0.158. The van der Waals surface area contributed by atoms with Crippen molar-refractivity contribution in [3.05, 3.63) is 78.4 Å². The number of aromatic nitrogens is 5. The molecule has 0 unspecified atom stereocenters.